The first-order valence-corrected chi connectivity index (χ1v) is 6.61. The van der Waals surface area contributed by atoms with Gasteiger partial charge in [-0.25, -0.2) is 9.97 Å². The summed E-state index contributed by atoms with van der Waals surface area (Å²) in [5, 5.41) is -0.0780. The SMILES string of the molecule is Cc1ccnc(NS(=O)(=O)c2c(N)ncn2C)c1. The minimum atomic E-state index is -3.79. The maximum absolute atomic E-state index is 12.1. The van der Waals surface area contributed by atoms with Gasteiger partial charge >= 0.3 is 0 Å². The fraction of sp³-hybridized carbons (Fsp3) is 0.200. The Hall–Kier alpha value is -2.09. The Labute approximate surface area is 105 Å². The van der Waals surface area contributed by atoms with E-state index in [0.29, 0.717) is 0 Å². The van der Waals surface area contributed by atoms with Crippen LogP contribution in [0.1, 0.15) is 5.56 Å². The van der Waals surface area contributed by atoms with Gasteiger partial charge in [0.2, 0.25) is 0 Å². The molecule has 8 heteroatoms. The molecule has 0 fully saturated rings. The molecule has 2 aromatic rings. The van der Waals surface area contributed by atoms with Gasteiger partial charge in [0.25, 0.3) is 10.0 Å². The Morgan fingerprint density at radius 3 is 2.67 bits per heavy atom. The van der Waals surface area contributed by atoms with E-state index in [4.69, 9.17) is 5.73 Å². The molecule has 0 saturated heterocycles. The van der Waals surface area contributed by atoms with Crippen LogP contribution in [0.15, 0.2) is 29.7 Å². The van der Waals surface area contributed by atoms with E-state index in [9.17, 15) is 8.42 Å². The van der Waals surface area contributed by atoms with Crippen molar-refractivity contribution >= 4 is 21.7 Å². The first-order valence-electron chi connectivity index (χ1n) is 5.12. The Balaban J connectivity index is 2.39. The fourth-order valence-corrected chi connectivity index (χ4v) is 2.78. The summed E-state index contributed by atoms with van der Waals surface area (Å²) < 4.78 is 28.0. The van der Waals surface area contributed by atoms with Gasteiger partial charge in [0, 0.05) is 13.2 Å². The minimum absolute atomic E-state index is 0.0438. The van der Waals surface area contributed by atoms with Gasteiger partial charge in [0.15, 0.2) is 10.8 Å². The smallest absolute Gasteiger partial charge is 0.282 e. The summed E-state index contributed by atoms with van der Waals surface area (Å²) in [5.74, 6) is 0.202. The Bertz CT molecular complexity index is 658. The number of nitrogens with one attached hydrogen (secondary N) is 1. The van der Waals surface area contributed by atoms with Crippen LogP contribution in [0, 0.1) is 6.92 Å². The number of nitrogens with two attached hydrogens (primary N) is 1. The van der Waals surface area contributed by atoms with E-state index in [-0.39, 0.29) is 16.7 Å². The number of imidazole rings is 1. The molecule has 0 saturated carbocycles. The molecule has 0 spiro atoms. The molecule has 0 aliphatic rings. The quantitative estimate of drug-likeness (QED) is 0.843. The molecule has 2 heterocycles. The average molecular weight is 267 g/mol. The van der Waals surface area contributed by atoms with Crippen LogP contribution < -0.4 is 10.5 Å². The maximum Gasteiger partial charge on any atom is 0.282 e. The van der Waals surface area contributed by atoms with Crippen molar-refractivity contribution in [2.75, 3.05) is 10.5 Å². The van der Waals surface area contributed by atoms with Crippen molar-refractivity contribution in [2.24, 2.45) is 7.05 Å². The molecule has 0 radical (unpaired) electrons. The van der Waals surface area contributed by atoms with Gasteiger partial charge < -0.3 is 10.3 Å². The number of sulfonamides is 1. The molecule has 2 rings (SSSR count). The minimum Gasteiger partial charge on any atom is -0.381 e. The number of hydrogen-bond donors (Lipinski definition) is 2. The second-order valence-corrected chi connectivity index (χ2v) is 5.47. The monoisotopic (exact) mass is 267 g/mol. The summed E-state index contributed by atoms with van der Waals surface area (Å²) in [5.41, 5.74) is 6.44. The van der Waals surface area contributed by atoms with Gasteiger partial charge in [-0.1, -0.05) is 0 Å². The van der Waals surface area contributed by atoms with E-state index < -0.39 is 10.0 Å². The second-order valence-electron chi connectivity index (χ2n) is 3.87. The molecule has 2 aromatic heterocycles. The average Bonchev–Trinajstić information content (AvgIpc) is 2.58. The van der Waals surface area contributed by atoms with E-state index in [1.165, 1.54) is 17.1 Å². The van der Waals surface area contributed by atoms with Gasteiger partial charge in [0.1, 0.15) is 5.82 Å². The summed E-state index contributed by atoms with van der Waals surface area (Å²) in [4.78, 5) is 7.68. The van der Waals surface area contributed by atoms with E-state index >= 15 is 0 Å². The number of nitrogens with zero attached hydrogens (tertiary/aromatic N) is 3. The maximum atomic E-state index is 12.1. The molecule has 18 heavy (non-hydrogen) atoms. The molecular formula is C10H13N5O2S. The molecule has 96 valence electrons. The lowest BCUT2D eigenvalue weighted by Gasteiger charge is -2.08. The van der Waals surface area contributed by atoms with Crippen LogP contribution in [-0.2, 0) is 17.1 Å². The lowest BCUT2D eigenvalue weighted by atomic mass is 10.3. The number of aryl methyl sites for hydroxylation is 2. The number of aromatic nitrogens is 3. The largest absolute Gasteiger partial charge is 0.381 e. The van der Waals surface area contributed by atoms with E-state index in [2.05, 4.69) is 14.7 Å². The third-order valence-corrected chi connectivity index (χ3v) is 3.80. The molecule has 0 aromatic carbocycles. The van der Waals surface area contributed by atoms with Gasteiger partial charge in [-0.15, -0.1) is 0 Å². The first kappa shape index (κ1) is 12.4. The molecule has 0 aliphatic heterocycles. The van der Waals surface area contributed by atoms with Crippen LogP contribution in [-0.4, -0.2) is 23.0 Å². The summed E-state index contributed by atoms with van der Waals surface area (Å²) in [7, 11) is -2.23. The zero-order chi connectivity index (χ0) is 13.3. The molecule has 0 unspecified atom stereocenters. The normalized spacial score (nSPS) is 11.4. The van der Waals surface area contributed by atoms with Crippen LogP contribution in [0.5, 0.6) is 0 Å². The summed E-state index contributed by atoms with van der Waals surface area (Å²) in [6.45, 7) is 1.85. The van der Waals surface area contributed by atoms with Gasteiger partial charge in [0.05, 0.1) is 6.33 Å². The lowest BCUT2D eigenvalue weighted by Crippen LogP contribution is -2.18. The number of rotatable bonds is 3. The molecule has 0 aliphatic carbocycles. The van der Waals surface area contributed by atoms with Gasteiger partial charge in [-0.2, -0.15) is 8.42 Å². The molecule has 0 bridgehead atoms. The fourth-order valence-electron chi connectivity index (χ4n) is 1.54. The molecule has 0 atom stereocenters. The van der Waals surface area contributed by atoms with Crippen molar-refractivity contribution in [2.45, 2.75) is 11.9 Å². The molecule has 7 nitrogen and oxygen atoms in total. The number of pyridine rings is 1. The first-order chi connectivity index (χ1) is 8.40. The predicted octanol–water partition coefficient (Wildman–Crippen LogP) is 0.507. The summed E-state index contributed by atoms with van der Waals surface area (Å²) in [6, 6.07) is 3.40. The zero-order valence-electron chi connectivity index (χ0n) is 9.95. The third-order valence-electron chi connectivity index (χ3n) is 2.32. The van der Waals surface area contributed by atoms with Crippen molar-refractivity contribution in [3.8, 4) is 0 Å². The predicted molar refractivity (Wildman–Crippen MR) is 67.4 cm³/mol. The summed E-state index contributed by atoms with van der Waals surface area (Å²) >= 11 is 0. The Morgan fingerprint density at radius 2 is 2.11 bits per heavy atom. The van der Waals surface area contributed by atoms with Gasteiger partial charge in [-0.3, -0.25) is 4.72 Å². The van der Waals surface area contributed by atoms with Crippen molar-refractivity contribution in [1.82, 2.24) is 14.5 Å². The Kier molecular flexibility index (Phi) is 2.95. The molecule has 3 N–H and O–H groups in total. The van der Waals surface area contributed by atoms with Crippen molar-refractivity contribution < 1.29 is 8.42 Å². The second kappa shape index (κ2) is 4.30. The Morgan fingerprint density at radius 1 is 1.39 bits per heavy atom. The van der Waals surface area contributed by atoms with Crippen molar-refractivity contribution in [3.63, 3.8) is 0 Å². The number of anilines is 2. The van der Waals surface area contributed by atoms with E-state index in [0.717, 1.165) is 5.56 Å². The van der Waals surface area contributed by atoms with E-state index in [1.807, 2.05) is 6.92 Å². The number of nitrogen functional groups attached to an aromatic ring is 1. The van der Waals surface area contributed by atoms with Gasteiger partial charge in [-0.05, 0) is 24.6 Å². The van der Waals surface area contributed by atoms with E-state index in [1.54, 1.807) is 19.2 Å². The van der Waals surface area contributed by atoms with Crippen molar-refractivity contribution in [3.05, 3.63) is 30.2 Å². The third kappa shape index (κ3) is 2.28. The molecular weight excluding hydrogens is 254 g/mol. The highest BCUT2D eigenvalue weighted by Crippen LogP contribution is 2.18. The standard InChI is InChI=1S/C10H13N5O2S/c1-7-3-4-12-8(5-7)14-18(16,17)10-9(11)13-6-15(10)2/h3-6H,11H2,1-2H3,(H,12,14). The lowest BCUT2D eigenvalue weighted by molar-refractivity contribution is 0.591. The van der Waals surface area contributed by atoms with Crippen molar-refractivity contribution in [1.29, 1.82) is 0 Å². The van der Waals surface area contributed by atoms with Crippen LogP contribution in [0.3, 0.4) is 0 Å². The van der Waals surface area contributed by atoms with Crippen LogP contribution in [0.25, 0.3) is 0 Å². The highest BCUT2D eigenvalue weighted by atomic mass is 32.2. The molecule has 0 amide bonds. The highest BCUT2D eigenvalue weighted by Gasteiger charge is 2.22. The summed E-state index contributed by atoms with van der Waals surface area (Å²) in [6.07, 6.45) is 2.87. The number of hydrogen-bond acceptors (Lipinski definition) is 5. The van der Waals surface area contributed by atoms with Crippen LogP contribution >= 0.6 is 0 Å². The highest BCUT2D eigenvalue weighted by molar-refractivity contribution is 7.92. The van der Waals surface area contributed by atoms with Crippen LogP contribution in [0.2, 0.25) is 0 Å². The zero-order valence-corrected chi connectivity index (χ0v) is 10.8. The topological polar surface area (TPSA) is 103 Å². The van der Waals surface area contributed by atoms with Crippen LogP contribution in [0.4, 0.5) is 11.6 Å².